The van der Waals surface area contributed by atoms with E-state index in [9.17, 15) is 4.79 Å². The molecule has 0 saturated heterocycles. The Morgan fingerprint density at radius 3 is 2.73 bits per heavy atom. The van der Waals surface area contributed by atoms with E-state index in [0.717, 1.165) is 0 Å². The molecule has 0 aromatic rings. The second kappa shape index (κ2) is 6.11. The lowest BCUT2D eigenvalue weighted by atomic mass is 10.5. The highest BCUT2D eigenvalue weighted by Crippen LogP contribution is 1.87. The maximum Gasteiger partial charge on any atom is 0.363 e. The molecule has 0 atom stereocenters. The highest BCUT2D eigenvalue weighted by atomic mass is 79.9. The monoisotopic (exact) mass is 224 g/mol. The summed E-state index contributed by atoms with van der Waals surface area (Å²) >= 11 is 2.72. The molecule has 0 aliphatic rings. The van der Waals surface area contributed by atoms with Crippen molar-refractivity contribution in [2.24, 2.45) is 5.10 Å². The summed E-state index contributed by atoms with van der Waals surface area (Å²) in [4.78, 5) is 10.1. The number of aliphatic carboxylic acids is 1. The summed E-state index contributed by atoms with van der Waals surface area (Å²) < 4.78 is -0.171. The Labute approximate surface area is 72.2 Å². The molecule has 0 bridgehead atoms. The molecule has 0 aromatic carbocycles. The summed E-state index contributed by atoms with van der Waals surface area (Å²) in [5.74, 6) is -1.12. The Kier molecular flexibility index (Phi) is 5.77. The van der Waals surface area contributed by atoms with Gasteiger partial charge in [0.1, 0.15) is 0 Å². The fraction of sp³-hybridized carbons (Fsp3) is 0.600. The highest BCUT2D eigenvalue weighted by molar-refractivity contribution is 9.19. The lowest BCUT2D eigenvalue weighted by Crippen LogP contribution is -2.14. The van der Waals surface area contributed by atoms with Crippen LogP contribution in [-0.2, 0) is 4.79 Å². The largest absolute Gasteiger partial charge is 0.476 e. The Hall–Kier alpha value is -0.620. The van der Waals surface area contributed by atoms with Gasteiger partial charge in [-0.3, -0.25) is 0 Å². The fourth-order valence-corrected chi connectivity index (χ4v) is 0.457. The number of carboxylic acid groups (broad SMARTS) is 1. The summed E-state index contributed by atoms with van der Waals surface area (Å²) in [6.07, 6.45) is 0.545. The molecule has 0 amide bonds. The van der Waals surface area contributed by atoms with Gasteiger partial charge in [0.15, 0.2) is 0 Å². The normalized spacial score (nSPS) is 11.3. The van der Waals surface area contributed by atoms with Gasteiger partial charge in [0.2, 0.25) is 4.62 Å². The van der Waals surface area contributed by atoms with Crippen molar-refractivity contribution in [3.8, 4) is 0 Å². The predicted octanol–water partition coefficient (Wildman–Crippen LogP) is -0.249. The van der Waals surface area contributed by atoms with Crippen molar-refractivity contribution in [3.05, 3.63) is 0 Å². The fourth-order valence-electron chi connectivity index (χ4n) is 0.331. The first-order valence-electron chi connectivity index (χ1n) is 2.98. The molecule has 0 fully saturated rings. The molecule has 0 aromatic heterocycles. The Bertz CT molecular complexity index is 160. The molecule has 5 nitrogen and oxygen atoms in total. The molecular formula is C5H9BrN2O3. The molecule has 0 rings (SSSR count). The highest BCUT2D eigenvalue weighted by Gasteiger charge is 2.01. The zero-order chi connectivity index (χ0) is 8.69. The number of aliphatic hydroxyl groups excluding tert-OH is 1. The van der Waals surface area contributed by atoms with Crippen LogP contribution in [0.1, 0.15) is 6.42 Å². The van der Waals surface area contributed by atoms with Crippen molar-refractivity contribution >= 4 is 26.5 Å². The quantitative estimate of drug-likeness (QED) is 0.342. The Morgan fingerprint density at radius 1 is 1.64 bits per heavy atom. The predicted molar refractivity (Wildman–Crippen MR) is 43.7 cm³/mol. The second-order valence-corrected chi connectivity index (χ2v) is 2.44. The van der Waals surface area contributed by atoms with Gasteiger partial charge in [-0.1, -0.05) is 0 Å². The maximum atomic E-state index is 10.1. The number of aliphatic hydroxyl groups is 1. The first kappa shape index (κ1) is 10.4. The number of carboxylic acids is 1. The smallest absolute Gasteiger partial charge is 0.363 e. The number of hydrogen-bond acceptors (Lipinski definition) is 4. The minimum Gasteiger partial charge on any atom is -0.476 e. The number of nitrogens with zero attached hydrogens (tertiary/aromatic N) is 1. The van der Waals surface area contributed by atoms with E-state index in [1.807, 2.05) is 0 Å². The lowest BCUT2D eigenvalue weighted by molar-refractivity contribution is -0.129. The zero-order valence-corrected chi connectivity index (χ0v) is 7.34. The van der Waals surface area contributed by atoms with Gasteiger partial charge in [0.05, 0.1) is 0 Å². The summed E-state index contributed by atoms with van der Waals surface area (Å²) in [5, 5.41) is 20.0. The van der Waals surface area contributed by atoms with Crippen LogP contribution in [0.2, 0.25) is 0 Å². The van der Waals surface area contributed by atoms with Gasteiger partial charge >= 0.3 is 5.97 Å². The third kappa shape index (κ3) is 5.81. The molecule has 0 saturated carbocycles. The number of carbonyl (C=O) groups is 1. The summed E-state index contributed by atoms with van der Waals surface area (Å²) in [7, 11) is 0. The maximum absolute atomic E-state index is 10.1. The third-order valence-electron chi connectivity index (χ3n) is 0.800. The van der Waals surface area contributed by atoms with E-state index in [-0.39, 0.29) is 11.2 Å². The molecule has 0 unspecified atom stereocenters. The van der Waals surface area contributed by atoms with Crippen LogP contribution in [0.3, 0.4) is 0 Å². The summed E-state index contributed by atoms with van der Waals surface area (Å²) in [5.41, 5.74) is 2.47. The molecule has 0 aliphatic heterocycles. The number of nitrogens with one attached hydrogen (secondary N) is 1. The number of halogens is 1. The van der Waals surface area contributed by atoms with Gasteiger partial charge in [0, 0.05) is 13.2 Å². The minimum atomic E-state index is -1.12. The molecule has 0 heterocycles. The van der Waals surface area contributed by atoms with Gasteiger partial charge < -0.3 is 15.6 Å². The van der Waals surface area contributed by atoms with Crippen molar-refractivity contribution in [1.82, 2.24) is 5.43 Å². The number of hydrazone groups is 1. The summed E-state index contributed by atoms with van der Waals surface area (Å²) in [6, 6.07) is 0. The van der Waals surface area contributed by atoms with Crippen molar-refractivity contribution in [1.29, 1.82) is 0 Å². The molecule has 0 radical (unpaired) electrons. The van der Waals surface area contributed by atoms with Crippen LogP contribution < -0.4 is 5.43 Å². The first-order chi connectivity index (χ1) is 5.18. The number of rotatable bonds is 5. The van der Waals surface area contributed by atoms with Gasteiger partial charge in [-0.05, 0) is 22.4 Å². The molecule has 64 valence electrons. The number of hydrogen-bond donors (Lipinski definition) is 3. The Morgan fingerprint density at radius 2 is 2.27 bits per heavy atom. The van der Waals surface area contributed by atoms with E-state index in [1.165, 1.54) is 0 Å². The topological polar surface area (TPSA) is 81.9 Å². The Balaban J connectivity index is 3.48. The molecule has 11 heavy (non-hydrogen) atoms. The van der Waals surface area contributed by atoms with Gasteiger partial charge in [-0.2, -0.15) is 5.10 Å². The molecule has 0 aliphatic carbocycles. The van der Waals surface area contributed by atoms with Crippen molar-refractivity contribution in [2.45, 2.75) is 6.42 Å². The third-order valence-corrected chi connectivity index (χ3v) is 1.32. The zero-order valence-electron chi connectivity index (χ0n) is 5.75. The molecule has 6 heteroatoms. The van der Waals surface area contributed by atoms with Crippen LogP contribution in [0.25, 0.3) is 0 Å². The van der Waals surface area contributed by atoms with E-state index in [1.54, 1.807) is 0 Å². The van der Waals surface area contributed by atoms with E-state index in [0.29, 0.717) is 13.0 Å². The van der Waals surface area contributed by atoms with E-state index in [2.05, 4.69) is 26.5 Å². The van der Waals surface area contributed by atoms with Gasteiger partial charge in [-0.15, -0.1) is 0 Å². The van der Waals surface area contributed by atoms with E-state index >= 15 is 0 Å². The molecule has 3 N–H and O–H groups in total. The standard InChI is InChI=1S/C5H9BrN2O3/c6-4(5(10)11)8-7-2-1-3-9/h7,9H,1-3H2,(H,10,11)/b8-4-. The summed E-state index contributed by atoms with van der Waals surface area (Å²) in [6.45, 7) is 0.520. The van der Waals surface area contributed by atoms with Crippen LogP contribution in [0, 0.1) is 0 Å². The average Bonchev–Trinajstić information content (AvgIpc) is 1.97. The average molecular weight is 225 g/mol. The van der Waals surface area contributed by atoms with Crippen LogP contribution in [-0.4, -0.2) is 34.0 Å². The molecular weight excluding hydrogens is 216 g/mol. The van der Waals surface area contributed by atoms with Crippen LogP contribution in [0.15, 0.2) is 5.10 Å². The van der Waals surface area contributed by atoms with E-state index < -0.39 is 5.97 Å². The lowest BCUT2D eigenvalue weighted by Gasteiger charge is -1.96. The van der Waals surface area contributed by atoms with Gasteiger partial charge in [-0.25, -0.2) is 4.79 Å². The SMILES string of the molecule is O=C(O)/C(Br)=N/NCCCO. The van der Waals surface area contributed by atoms with Crippen molar-refractivity contribution in [2.75, 3.05) is 13.2 Å². The van der Waals surface area contributed by atoms with Crippen LogP contribution in [0.5, 0.6) is 0 Å². The molecule has 0 spiro atoms. The minimum absolute atomic E-state index is 0.0627. The van der Waals surface area contributed by atoms with E-state index in [4.69, 9.17) is 10.2 Å². The van der Waals surface area contributed by atoms with Gasteiger partial charge in [0.25, 0.3) is 0 Å². The van der Waals surface area contributed by atoms with Crippen molar-refractivity contribution in [3.63, 3.8) is 0 Å². The van der Waals surface area contributed by atoms with Crippen molar-refractivity contribution < 1.29 is 15.0 Å². The second-order valence-electron chi connectivity index (χ2n) is 1.69. The van der Waals surface area contributed by atoms with Crippen LogP contribution in [0.4, 0.5) is 0 Å². The first-order valence-corrected chi connectivity index (χ1v) is 3.78. The van der Waals surface area contributed by atoms with Crippen LogP contribution >= 0.6 is 15.9 Å².